The van der Waals surface area contributed by atoms with E-state index in [4.69, 9.17) is 4.55 Å². The van der Waals surface area contributed by atoms with Gasteiger partial charge in [0.05, 0.1) is 6.61 Å². The third kappa shape index (κ3) is 44.2. The van der Waals surface area contributed by atoms with Crippen molar-refractivity contribution in [1.82, 2.24) is 0 Å². The predicted octanol–water partition coefficient (Wildman–Crippen LogP) is -4.41. The fraction of sp³-hybridized carbons (Fsp3) is 1.00. The maximum Gasteiger partial charge on any atom is 1.00 e. The standard InChI is InChI=1S/C12H26O4S.2Na.H2O8S2/c1-2-3-4-5-6-7-8-9-10-11-12-16-17(13,14)15;;;1-9(2,3)7-8-10(4,5)6/h2-12H2,1H3,(H,13,14,15);;;(H,1,2,3)(H,4,5,6)/q;2*+1;/p-2. The first-order valence-electron chi connectivity index (χ1n) is 8.18. The fourth-order valence-electron chi connectivity index (χ4n) is 1.82. The average molecular weight is 505 g/mol. The van der Waals surface area contributed by atoms with Gasteiger partial charge in [-0.1, -0.05) is 64.7 Å². The number of unbranched alkanes of at least 4 members (excludes halogenated alkanes) is 9. The molecular formula is C12H26Na2O12S3. The van der Waals surface area contributed by atoms with Gasteiger partial charge in [0.25, 0.3) is 0 Å². The number of rotatable bonds is 15. The minimum Gasteiger partial charge on any atom is -0.724 e. The molecule has 29 heavy (non-hydrogen) atoms. The molecule has 0 bridgehead atoms. The molecule has 0 saturated carbocycles. The summed E-state index contributed by atoms with van der Waals surface area (Å²) < 4.78 is 94.4. The van der Waals surface area contributed by atoms with Crippen LogP contribution in [0.1, 0.15) is 71.1 Å². The van der Waals surface area contributed by atoms with Crippen molar-refractivity contribution in [1.29, 1.82) is 0 Å². The van der Waals surface area contributed by atoms with Gasteiger partial charge in [0.1, 0.15) is 0 Å². The summed E-state index contributed by atoms with van der Waals surface area (Å²) in [4.78, 5) is 0. The third-order valence-electron chi connectivity index (χ3n) is 2.92. The summed E-state index contributed by atoms with van der Waals surface area (Å²) in [5.41, 5.74) is 0. The van der Waals surface area contributed by atoms with Gasteiger partial charge in [-0.3, -0.25) is 4.55 Å². The van der Waals surface area contributed by atoms with E-state index in [1.165, 1.54) is 44.9 Å². The van der Waals surface area contributed by atoms with Crippen LogP contribution >= 0.6 is 0 Å². The molecule has 0 atom stereocenters. The molecule has 0 aromatic carbocycles. The summed E-state index contributed by atoms with van der Waals surface area (Å²) in [6.45, 7) is 2.31. The van der Waals surface area contributed by atoms with Crippen LogP contribution in [0.15, 0.2) is 0 Å². The Bertz CT molecular complexity index is 632. The van der Waals surface area contributed by atoms with Crippen LogP contribution in [0.2, 0.25) is 0 Å². The van der Waals surface area contributed by atoms with Crippen molar-refractivity contribution in [2.45, 2.75) is 71.1 Å². The summed E-state index contributed by atoms with van der Waals surface area (Å²) in [5, 5.41) is 0. The van der Waals surface area contributed by atoms with Gasteiger partial charge in [0.2, 0.25) is 20.8 Å². The molecule has 12 nitrogen and oxygen atoms in total. The molecule has 0 rings (SSSR count). The summed E-state index contributed by atoms with van der Waals surface area (Å²) in [5.74, 6) is 0. The van der Waals surface area contributed by atoms with Gasteiger partial charge in [0, 0.05) is 0 Å². The smallest absolute Gasteiger partial charge is 0.724 e. The Labute approximate surface area is 217 Å². The van der Waals surface area contributed by atoms with E-state index in [0.717, 1.165) is 12.8 Å². The summed E-state index contributed by atoms with van der Waals surface area (Å²) in [6.07, 6.45) is 11.9. The third-order valence-corrected chi connectivity index (χ3v) is 3.94. The molecule has 0 aromatic heterocycles. The molecule has 0 unspecified atom stereocenters. The Morgan fingerprint density at radius 1 is 0.655 bits per heavy atom. The van der Waals surface area contributed by atoms with E-state index in [0.29, 0.717) is 6.42 Å². The molecule has 0 spiro atoms. The Balaban J connectivity index is -0.000000226. The first kappa shape index (κ1) is 37.9. The number of hydrogen-bond acceptors (Lipinski definition) is 11. The van der Waals surface area contributed by atoms with Crippen LogP contribution in [0, 0.1) is 0 Å². The molecule has 0 heterocycles. The Morgan fingerprint density at radius 3 is 1.24 bits per heavy atom. The summed E-state index contributed by atoms with van der Waals surface area (Å²) >= 11 is 0. The van der Waals surface area contributed by atoms with Crippen molar-refractivity contribution in [2.24, 2.45) is 0 Å². The van der Waals surface area contributed by atoms with Gasteiger partial charge in [-0.25, -0.2) is 21.0 Å². The summed E-state index contributed by atoms with van der Waals surface area (Å²) in [7, 11) is -14.9. The van der Waals surface area contributed by atoms with Crippen molar-refractivity contribution < 1.29 is 111 Å². The first-order chi connectivity index (χ1) is 12.3. The normalized spacial score (nSPS) is 11.6. The van der Waals surface area contributed by atoms with Crippen molar-refractivity contribution in [3.05, 3.63) is 0 Å². The second kappa shape index (κ2) is 21.5. The molecule has 0 aliphatic heterocycles. The molecule has 0 aliphatic carbocycles. The largest absolute Gasteiger partial charge is 1.00 e. The zero-order valence-corrected chi connectivity index (χ0v) is 23.4. The second-order valence-corrected chi connectivity index (χ2v) is 8.38. The van der Waals surface area contributed by atoms with Crippen LogP contribution in [-0.2, 0) is 44.0 Å². The van der Waals surface area contributed by atoms with Crippen molar-refractivity contribution >= 4 is 31.2 Å². The van der Waals surface area contributed by atoms with Gasteiger partial charge in [-0.2, -0.15) is 8.42 Å². The molecule has 0 fully saturated rings. The minimum absolute atomic E-state index is 0. The van der Waals surface area contributed by atoms with Crippen LogP contribution in [0.5, 0.6) is 0 Å². The van der Waals surface area contributed by atoms with Crippen LogP contribution in [0.4, 0.5) is 0 Å². The average Bonchev–Trinajstić information content (AvgIpc) is 2.49. The maximum absolute atomic E-state index is 10.2. The zero-order valence-electron chi connectivity index (χ0n) is 16.9. The SMILES string of the molecule is CCCCCCCCCCCCOS(=O)(=O)O.O=S(=O)([O-])OOS(=O)(=O)[O-].[Na+].[Na+]. The monoisotopic (exact) mass is 504 g/mol. The first-order valence-corrected chi connectivity index (χ1v) is 12.2. The molecule has 1 N–H and O–H groups in total. The molecule has 17 heteroatoms. The topological polar surface area (TPSA) is 196 Å². The van der Waals surface area contributed by atoms with Gasteiger partial charge in [-0.05, 0) is 6.42 Å². The van der Waals surface area contributed by atoms with E-state index < -0.39 is 31.2 Å². The van der Waals surface area contributed by atoms with Crippen LogP contribution in [-0.4, -0.2) is 45.5 Å². The fourth-order valence-corrected chi connectivity index (χ4v) is 2.69. The summed E-state index contributed by atoms with van der Waals surface area (Å²) in [6, 6.07) is 0. The quantitative estimate of drug-likeness (QED) is 0.0562. The van der Waals surface area contributed by atoms with Gasteiger partial charge < -0.3 is 9.11 Å². The Hall–Kier alpha value is 1.61. The van der Waals surface area contributed by atoms with Crippen molar-refractivity contribution in [3.8, 4) is 0 Å². The molecule has 0 amide bonds. The van der Waals surface area contributed by atoms with E-state index in [2.05, 4.69) is 19.8 Å². The van der Waals surface area contributed by atoms with E-state index in [-0.39, 0.29) is 65.7 Å². The molecule has 0 aromatic rings. The molecule has 0 aliphatic rings. The molecule has 166 valence electrons. The molecular weight excluding hydrogens is 478 g/mol. The molecule has 0 radical (unpaired) electrons. The Kier molecular flexibility index (Phi) is 28.0. The van der Waals surface area contributed by atoms with Crippen LogP contribution < -0.4 is 59.1 Å². The van der Waals surface area contributed by atoms with Crippen LogP contribution in [0.3, 0.4) is 0 Å². The second-order valence-electron chi connectivity index (χ2n) is 5.38. The van der Waals surface area contributed by atoms with Crippen molar-refractivity contribution in [3.63, 3.8) is 0 Å². The zero-order chi connectivity index (χ0) is 21.4. The molecule has 0 saturated heterocycles. The maximum atomic E-state index is 10.2. The predicted molar refractivity (Wildman–Crippen MR) is 90.9 cm³/mol. The van der Waals surface area contributed by atoms with Crippen molar-refractivity contribution in [2.75, 3.05) is 6.61 Å². The van der Waals surface area contributed by atoms with E-state index in [1.807, 2.05) is 0 Å². The van der Waals surface area contributed by atoms with E-state index in [9.17, 15) is 34.4 Å². The van der Waals surface area contributed by atoms with Gasteiger partial charge in [-0.15, -0.1) is 8.67 Å². The minimum atomic E-state index is -5.31. The van der Waals surface area contributed by atoms with Gasteiger partial charge in [0.15, 0.2) is 0 Å². The van der Waals surface area contributed by atoms with Crippen LogP contribution in [0.25, 0.3) is 0 Å². The Morgan fingerprint density at radius 2 is 0.966 bits per heavy atom. The van der Waals surface area contributed by atoms with Gasteiger partial charge >= 0.3 is 69.5 Å². The number of hydrogen-bond donors (Lipinski definition) is 1. The van der Waals surface area contributed by atoms with E-state index in [1.54, 1.807) is 0 Å². The van der Waals surface area contributed by atoms with E-state index >= 15 is 0 Å².